The first-order valence-electron chi connectivity index (χ1n) is 5.67. The first-order valence-corrected chi connectivity index (χ1v) is 5.67. The number of H-pyrrole nitrogens is 1. The van der Waals surface area contributed by atoms with Crippen LogP contribution in [0, 0.1) is 0 Å². The van der Waals surface area contributed by atoms with Gasteiger partial charge in [0.05, 0.1) is 0 Å². The predicted molar refractivity (Wildman–Crippen MR) is 72.4 cm³/mol. The van der Waals surface area contributed by atoms with Crippen LogP contribution in [0.5, 0.6) is 0 Å². The third-order valence-electron chi connectivity index (χ3n) is 2.67. The molecule has 0 saturated heterocycles. The molecule has 2 rings (SSSR count). The number of para-hydroxylation sites is 1. The van der Waals surface area contributed by atoms with Gasteiger partial charge in [-0.2, -0.15) is 0 Å². The number of aromatic amines is 1. The quantitative estimate of drug-likeness (QED) is 0.770. The molecule has 0 atom stereocenters. The van der Waals surface area contributed by atoms with Crippen LogP contribution in [0.3, 0.4) is 0 Å². The van der Waals surface area contributed by atoms with Crippen molar-refractivity contribution in [1.82, 2.24) is 10.3 Å². The average molecular weight is 239 g/mol. The summed E-state index contributed by atoms with van der Waals surface area (Å²) in [5.41, 5.74) is 2.65. The van der Waals surface area contributed by atoms with Crippen molar-refractivity contribution < 1.29 is 0 Å². The minimum atomic E-state index is 0. The van der Waals surface area contributed by atoms with Gasteiger partial charge in [0, 0.05) is 17.1 Å². The Bertz CT molecular complexity index is 423. The summed E-state index contributed by atoms with van der Waals surface area (Å²) in [5, 5.41) is 4.78. The van der Waals surface area contributed by atoms with Crippen LogP contribution < -0.4 is 5.32 Å². The molecule has 0 bridgehead atoms. The van der Waals surface area contributed by atoms with Crippen molar-refractivity contribution in [1.29, 1.82) is 0 Å². The Labute approximate surface area is 103 Å². The van der Waals surface area contributed by atoms with Gasteiger partial charge in [0.2, 0.25) is 0 Å². The van der Waals surface area contributed by atoms with Gasteiger partial charge >= 0.3 is 0 Å². The molecule has 0 fully saturated rings. The Kier molecular flexibility index (Phi) is 5.36. The van der Waals surface area contributed by atoms with Crippen LogP contribution in [-0.2, 0) is 6.42 Å². The Morgan fingerprint density at radius 3 is 2.81 bits per heavy atom. The van der Waals surface area contributed by atoms with Crippen molar-refractivity contribution in [3.63, 3.8) is 0 Å². The Morgan fingerprint density at radius 2 is 2.00 bits per heavy atom. The molecule has 1 aromatic heterocycles. The molecule has 0 saturated carbocycles. The van der Waals surface area contributed by atoms with Gasteiger partial charge in [-0.05, 0) is 37.6 Å². The molecular formula is C13H19ClN2. The number of nitrogens with one attached hydrogen (secondary N) is 2. The van der Waals surface area contributed by atoms with Crippen molar-refractivity contribution >= 4 is 23.3 Å². The zero-order chi connectivity index (χ0) is 10.5. The van der Waals surface area contributed by atoms with Crippen molar-refractivity contribution in [2.45, 2.75) is 19.8 Å². The fraction of sp³-hybridized carbons (Fsp3) is 0.385. The topological polar surface area (TPSA) is 27.8 Å². The summed E-state index contributed by atoms with van der Waals surface area (Å²) in [7, 11) is 0. The van der Waals surface area contributed by atoms with Crippen molar-refractivity contribution in [3.05, 3.63) is 36.0 Å². The number of hydrogen-bond donors (Lipinski definition) is 2. The minimum absolute atomic E-state index is 0. The molecule has 1 heterocycles. The largest absolute Gasteiger partial charge is 0.361 e. The van der Waals surface area contributed by atoms with E-state index in [4.69, 9.17) is 0 Å². The van der Waals surface area contributed by atoms with Gasteiger partial charge in [0.15, 0.2) is 0 Å². The van der Waals surface area contributed by atoms with E-state index in [9.17, 15) is 0 Å². The van der Waals surface area contributed by atoms with Crippen LogP contribution in [0.4, 0.5) is 0 Å². The molecular weight excluding hydrogens is 220 g/mol. The summed E-state index contributed by atoms with van der Waals surface area (Å²) in [6.45, 7) is 4.37. The zero-order valence-corrected chi connectivity index (χ0v) is 10.4. The number of halogens is 1. The second-order valence-corrected chi connectivity index (χ2v) is 3.86. The Hall–Kier alpha value is -0.990. The number of benzene rings is 1. The number of rotatable bonds is 5. The highest BCUT2D eigenvalue weighted by molar-refractivity contribution is 5.85. The van der Waals surface area contributed by atoms with Gasteiger partial charge in [-0.3, -0.25) is 0 Å². The maximum Gasteiger partial charge on any atom is 0.0456 e. The van der Waals surface area contributed by atoms with E-state index in [0.29, 0.717) is 0 Å². The van der Waals surface area contributed by atoms with E-state index in [1.54, 1.807) is 0 Å². The maximum atomic E-state index is 3.42. The van der Waals surface area contributed by atoms with Crippen molar-refractivity contribution in [3.8, 4) is 0 Å². The summed E-state index contributed by atoms with van der Waals surface area (Å²) < 4.78 is 0. The third-order valence-corrected chi connectivity index (χ3v) is 2.67. The lowest BCUT2D eigenvalue weighted by molar-refractivity contribution is 0.672. The molecule has 0 aliphatic heterocycles. The van der Waals surface area contributed by atoms with Crippen LogP contribution in [0.15, 0.2) is 30.5 Å². The lowest BCUT2D eigenvalue weighted by atomic mass is 10.1. The van der Waals surface area contributed by atoms with Gasteiger partial charge < -0.3 is 10.3 Å². The highest BCUT2D eigenvalue weighted by Crippen LogP contribution is 2.17. The molecule has 0 aliphatic rings. The maximum absolute atomic E-state index is 3.42. The van der Waals surface area contributed by atoms with Crippen LogP contribution >= 0.6 is 12.4 Å². The van der Waals surface area contributed by atoms with Crippen LogP contribution in [0.25, 0.3) is 10.9 Å². The summed E-state index contributed by atoms with van der Waals surface area (Å²) in [5.74, 6) is 0. The lowest BCUT2D eigenvalue weighted by Crippen LogP contribution is -2.17. The summed E-state index contributed by atoms with van der Waals surface area (Å²) >= 11 is 0. The first kappa shape index (κ1) is 13.1. The van der Waals surface area contributed by atoms with Gasteiger partial charge in [-0.25, -0.2) is 0 Å². The van der Waals surface area contributed by atoms with Gasteiger partial charge in [-0.15, -0.1) is 12.4 Å². The molecule has 2 N–H and O–H groups in total. The smallest absolute Gasteiger partial charge is 0.0456 e. The van der Waals surface area contributed by atoms with Crippen LogP contribution in [0.1, 0.15) is 18.9 Å². The fourth-order valence-corrected chi connectivity index (χ4v) is 1.86. The third kappa shape index (κ3) is 3.00. The summed E-state index contributed by atoms with van der Waals surface area (Å²) in [4.78, 5) is 3.30. The molecule has 0 spiro atoms. The van der Waals surface area contributed by atoms with Crippen molar-refractivity contribution in [2.75, 3.05) is 13.1 Å². The van der Waals surface area contributed by atoms with E-state index < -0.39 is 0 Å². The van der Waals surface area contributed by atoms with E-state index in [2.05, 4.69) is 47.7 Å². The molecule has 1 aromatic carbocycles. The molecule has 0 radical (unpaired) electrons. The lowest BCUT2D eigenvalue weighted by Gasteiger charge is -2.01. The Morgan fingerprint density at radius 1 is 1.19 bits per heavy atom. The number of aromatic nitrogens is 1. The predicted octanol–water partition coefficient (Wildman–Crippen LogP) is 3.13. The highest BCUT2D eigenvalue weighted by Gasteiger charge is 2.01. The molecule has 16 heavy (non-hydrogen) atoms. The monoisotopic (exact) mass is 238 g/mol. The van der Waals surface area contributed by atoms with Gasteiger partial charge in [0.25, 0.3) is 0 Å². The average Bonchev–Trinajstić information content (AvgIpc) is 2.68. The molecule has 0 amide bonds. The number of fused-ring (bicyclic) bond motifs is 1. The van der Waals surface area contributed by atoms with E-state index in [0.717, 1.165) is 19.5 Å². The highest BCUT2D eigenvalue weighted by atomic mass is 35.5. The second kappa shape index (κ2) is 6.56. The van der Waals surface area contributed by atoms with Crippen LogP contribution in [-0.4, -0.2) is 18.1 Å². The standard InChI is InChI=1S/C13H18N2.ClH/c1-2-8-14-9-7-11-10-15-13-6-4-3-5-12(11)13;/h3-6,10,14-15H,2,7-9H2,1H3;1H. The molecule has 0 aliphatic carbocycles. The minimum Gasteiger partial charge on any atom is -0.361 e. The molecule has 3 heteroatoms. The second-order valence-electron chi connectivity index (χ2n) is 3.86. The number of hydrogen-bond acceptors (Lipinski definition) is 1. The molecule has 0 unspecified atom stereocenters. The first-order chi connectivity index (χ1) is 7.42. The fourth-order valence-electron chi connectivity index (χ4n) is 1.86. The molecule has 88 valence electrons. The Balaban J connectivity index is 0.00000128. The molecule has 2 nitrogen and oxygen atoms in total. The normalized spacial score (nSPS) is 10.3. The van der Waals surface area contributed by atoms with E-state index in [1.165, 1.54) is 22.9 Å². The van der Waals surface area contributed by atoms with E-state index >= 15 is 0 Å². The SMILES string of the molecule is CCCNCCc1c[nH]c2ccccc12.Cl. The van der Waals surface area contributed by atoms with Crippen molar-refractivity contribution in [2.24, 2.45) is 0 Å². The van der Waals surface area contributed by atoms with E-state index in [1.807, 2.05) is 0 Å². The van der Waals surface area contributed by atoms with E-state index in [-0.39, 0.29) is 12.4 Å². The summed E-state index contributed by atoms with van der Waals surface area (Å²) in [6.07, 6.45) is 4.43. The van der Waals surface area contributed by atoms with Gasteiger partial charge in [-0.1, -0.05) is 25.1 Å². The summed E-state index contributed by atoms with van der Waals surface area (Å²) in [6, 6.07) is 8.47. The van der Waals surface area contributed by atoms with Crippen LogP contribution in [0.2, 0.25) is 0 Å². The van der Waals surface area contributed by atoms with Gasteiger partial charge in [0.1, 0.15) is 0 Å². The zero-order valence-electron chi connectivity index (χ0n) is 9.62. The molecule has 2 aromatic rings.